The Morgan fingerprint density at radius 1 is 1.67 bits per heavy atom. The van der Waals surface area contributed by atoms with Gasteiger partial charge in [0.15, 0.2) is 0 Å². The highest BCUT2D eigenvalue weighted by molar-refractivity contribution is 6.22. The highest BCUT2D eigenvalue weighted by Gasteiger charge is 2.12. The summed E-state index contributed by atoms with van der Waals surface area (Å²) < 4.78 is 0. The SMILES string of the molecule is CC1=CC=C(O)C(Cl)C1. The molecule has 1 N–H and O–H groups in total. The number of alkyl halides is 1. The van der Waals surface area contributed by atoms with E-state index in [-0.39, 0.29) is 11.1 Å². The molecule has 9 heavy (non-hydrogen) atoms. The number of rotatable bonds is 0. The second kappa shape index (κ2) is 2.44. The van der Waals surface area contributed by atoms with Gasteiger partial charge in [0, 0.05) is 0 Å². The number of allylic oxidation sites excluding steroid dienone is 4. The predicted molar refractivity (Wildman–Crippen MR) is 38.7 cm³/mol. The van der Waals surface area contributed by atoms with Crippen LogP contribution in [0, 0.1) is 0 Å². The van der Waals surface area contributed by atoms with Gasteiger partial charge in [-0.15, -0.1) is 11.6 Å². The van der Waals surface area contributed by atoms with Crippen LogP contribution in [0.1, 0.15) is 13.3 Å². The fourth-order valence-electron chi connectivity index (χ4n) is 0.787. The summed E-state index contributed by atoms with van der Waals surface area (Å²) in [7, 11) is 0. The van der Waals surface area contributed by atoms with Gasteiger partial charge in [-0.1, -0.05) is 11.6 Å². The third-order valence-electron chi connectivity index (χ3n) is 1.36. The molecular formula is C7H9ClO. The lowest BCUT2D eigenvalue weighted by atomic mass is 10.1. The maximum absolute atomic E-state index is 8.98. The van der Waals surface area contributed by atoms with Crippen molar-refractivity contribution in [1.82, 2.24) is 0 Å². The summed E-state index contributed by atoms with van der Waals surface area (Å²) in [5.41, 5.74) is 1.22. The van der Waals surface area contributed by atoms with Gasteiger partial charge >= 0.3 is 0 Å². The first-order valence-corrected chi connectivity index (χ1v) is 3.34. The lowest BCUT2D eigenvalue weighted by Gasteiger charge is -2.12. The molecule has 0 bridgehead atoms. The third kappa shape index (κ3) is 1.49. The Labute approximate surface area is 59.6 Å². The van der Waals surface area contributed by atoms with Crippen molar-refractivity contribution in [3.63, 3.8) is 0 Å². The number of hydrogen-bond donors (Lipinski definition) is 1. The molecule has 0 radical (unpaired) electrons. The van der Waals surface area contributed by atoms with Crippen LogP contribution in [0.4, 0.5) is 0 Å². The quantitative estimate of drug-likeness (QED) is 0.518. The van der Waals surface area contributed by atoms with Crippen LogP contribution in [0.25, 0.3) is 0 Å². The molecule has 0 aromatic heterocycles. The second-order valence-corrected chi connectivity index (χ2v) is 2.80. The Kier molecular flexibility index (Phi) is 1.81. The summed E-state index contributed by atoms with van der Waals surface area (Å²) in [6.45, 7) is 2.00. The second-order valence-electron chi connectivity index (χ2n) is 2.28. The molecule has 0 heterocycles. The topological polar surface area (TPSA) is 20.2 Å². The van der Waals surface area contributed by atoms with E-state index in [1.165, 1.54) is 5.57 Å². The van der Waals surface area contributed by atoms with E-state index in [9.17, 15) is 0 Å². The Hall–Kier alpha value is -0.430. The van der Waals surface area contributed by atoms with Crippen LogP contribution >= 0.6 is 11.6 Å². The van der Waals surface area contributed by atoms with E-state index in [4.69, 9.17) is 16.7 Å². The van der Waals surface area contributed by atoms with Crippen molar-refractivity contribution in [2.75, 3.05) is 0 Å². The van der Waals surface area contributed by atoms with Crippen molar-refractivity contribution in [1.29, 1.82) is 0 Å². The summed E-state index contributed by atoms with van der Waals surface area (Å²) in [4.78, 5) is 0. The Balaban J connectivity index is 2.74. The van der Waals surface area contributed by atoms with Crippen molar-refractivity contribution in [2.45, 2.75) is 18.7 Å². The molecule has 1 nitrogen and oxygen atoms in total. The van der Waals surface area contributed by atoms with Crippen LogP contribution in [-0.2, 0) is 0 Å². The molecule has 1 aliphatic rings. The van der Waals surface area contributed by atoms with E-state index in [2.05, 4.69) is 0 Å². The molecule has 1 rings (SSSR count). The highest BCUT2D eigenvalue weighted by Crippen LogP contribution is 2.21. The van der Waals surface area contributed by atoms with E-state index in [1.54, 1.807) is 6.08 Å². The van der Waals surface area contributed by atoms with E-state index < -0.39 is 0 Å². The zero-order valence-electron chi connectivity index (χ0n) is 5.26. The van der Waals surface area contributed by atoms with Crippen molar-refractivity contribution in [2.24, 2.45) is 0 Å². The maximum atomic E-state index is 8.98. The first kappa shape index (κ1) is 6.69. The van der Waals surface area contributed by atoms with Gasteiger partial charge in [-0.05, 0) is 19.4 Å². The number of hydrogen-bond acceptors (Lipinski definition) is 1. The van der Waals surface area contributed by atoms with Gasteiger partial charge in [0.2, 0.25) is 0 Å². The standard InChI is InChI=1S/C7H9ClO/c1-5-2-3-7(9)6(8)4-5/h2-3,6,9H,4H2,1H3. The normalized spacial score (nSPS) is 27.1. The van der Waals surface area contributed by atoms with Crippen LogP contribution in [0.3, 0.4) is 0 Å². The molecule has 0 aromatic rings. The number of halogens is 1. The molecule has 0 spiro atoms. The summed E-state index contributed by atoms with van der Waals surface area (Å²) >= 11 is 5.70. The minimum absolute atomic E-state index is 0.199. The minimum Gasteiger partial charge on any atom is -0.511 e. The summed E-state index contributed by atoms with van der Waals surface area (Å²) in [6, 6.07) is 0. The van der Waals surface area contributed by atoms with Gasteiger partial charge < -0.3 is 5.11 Å². The zero-order valence-corrected chi connectivity index (χ0v) is 6.02. The molecule has 50 valence electrons. The largest absolute Gasteiger partial charge is 0.511 e. The third-order valence-corrected chi connectivity index (χ3v) is 1.74. The first-order valence-electron chi connectivity index (χ1n) is 2.90. The van der Waals surface area contributed by atoms with Crippen LogP contribution in [-0.4, -0.2) is 10.5 Å². The van der Waals surface area contributed by atoms with Gasteiger partial charge in [0.1, 0.15) is 5.76 Å². The molecule has 2 heteroatoms. The van der Waals surface area contributed by atoms with Gasteiger partial charge in [-0.3, -0.25) is 0 Å². The van der Waals surface area contributed by atoms with Gasteiger partial charge in [0.05, 0.1) is 5.38 Å². The Morgan fingerprint density at radius 3 is 2.78 bits per heavy atom. The lowest BCUT2D eigenvalue weighted by molar-refractivity contribution is 0.388. The van der Waals surface area contributed by atoms with Gasteiger partial charge in [-0.25, -0.2) is 0 Å². The van der Waals surface area contributed by atoms with Crippen molar-refractivity contribution >= 4 is 11.6 Å². The fraction of sp³-hybridized carbons (Fsp3) is 0.429. The van der Waals surface area contributed by atoms with Gasteiger partial charge in [0.25, 0.3) is 0 Å². The smallest absolute Gasteiger partial charge is 0.110 e. The van der Waals surface area contributed by atoms with E-state index in [0.29, 0.717) is 0 Å². The molecule has 1 unspecified atom stereocenters. The molecule has 0 aliphatic heterocycles. The molecule has 0 saturated heterocycles. The molecule has 1 aliphatic carbocycles. The molecule has 0 saturated carbocycles. The molecular weight excluding hydrogens is 136 g/mol. The minimum atomic E-state index is -0.199. The molecule has 0 amide bonds. The van der Waals surface area contributed by atoms with Crippen molar-refractivity contribution in [3.05, 3.63) is 23.5 Å². The summed E-state index contributed by atoms with van der Waals surface area (Å²) in [6.07, 6.45) is 4.30. The number of aliphatic hydroxyl groups excluding tert-OH is 1. The highest BCUT2D eigenvalue weighted by atomic mass is 35.5. The fourth-order valence-corrected chi connectivity index (χ4v) is 1.10. The average Bonchev–Trinajstić information content (AvgIpc) is 1.80. The first-order chi connectivity index (χ1) is 4.20. The Bertz CT molecular complexity index is 170. The van der Waals surface area contributed by atoms with E-state index >= 15 is 0 Å². The molecule has 1 atom stereocenters. The lowest BCUT2D eigenvalue weighted by Crippen LogP contribution is -2.06. The Morgan fingerprint density at radius 2 is 2.33 bits per heavy atom. The van der Waals surface area contributed by atoms with Crippen molar-refractivity contribution < 1.29 is 5.11 Å². The number of aliphatic hydroxyl groups is 1. The average molecular weight is 145 g/mol. The summed E-state index contributed by atoms with van der Waals surface area (Å²) in [5.74, 6) is 0.280. The van der Waals surface area contributed by atoms with Crippen LogP contribution < -0.4 is 0 Å². The monoisotopic (exact) mass is 144 g/mol. The van der Waals surface area contributed by atoms with Crippen molar-refractivity contribution in [3.8, 4) is 0 Å². The van der Waals surface area contributed by atoms with Crippen LogP contribution in [0.5, 0.6) is 0 Å². The molecule has 0 fully saturated rings. The maximum Gasteiger partial charge on any atom is 0.110 e. The van der Waals surface area contributed by atoms with Crippen LogP contribution in [0.15, 0.2) is 23.5 Å². The molecule has 0 aromatic carbocycles. The van der Waals surface area contributed by atoms with Crippen LogP contribution in [0.2, 0.25) is 0 Å². The van der Waals surface area contributed by atoms with E-state index in [1.807, 2.05) is 13.0 Å². The predicted octanol–water partition coefficient (Wildman–Crippen LogP) is 2.39. The summed E-state index contributed by atoms with van der Waals surface area (Å²) in [5, 5.41) is 8.78. The van der Waals surface area contributed by atoms with Gasteiger partial charge in [-0.2, -0.15) is 0 Å². The van der Waals surface area contributed by atoms with E-state index in [0.717, 1.165) is 6.42 Å². The zero-order chi connectivity index (χ0) is 6.85.